The number of urea groups is 1. The topological polar surface area (TPSA) is 58.7 Å². The van der Waals surface area contributed by atoms with Crippen LogP contribution in [0.25, 0.3) is 0 Å². The van der Waals surface area contributed by atoms with Crippen LogP contribution in [-0.2, 0) is 0 Å². The lowest BCUT2D eigenvalue weighted by atomic mass is 11.0. The monoisotopic (exact) mass is 101 g/mol. The summed E-state index contributed by atoms with van der Waals surface area (Å²) in [5, 5.41) is 4.14. The summed E-state index contributed by atoms with van der Waals surface area (Å²) in [7, 11) is 1.43. The normalized spacial score (nSPS) is 7.57. The molecule has 0 atom stereocenters. The van der Waals surface area contributed by atoms with Gasteiger partial charge in [-0.25, -0.2) is 9.80 Å². The second-order valence-corrected chi connectivity index (χ2v) is 1.00. The molecule has 0 aliphatic heterocycles. The molecule has 2 N–H and O–H groups in total. The number of carbonyl (C=O) groups is 1. The highest BCUT2D eigenvalue weighted by molar-refractivity contribution is 5.71. The molecule has 7 heavy (non-hydrogen) atoms. The van der Waals surface area contributed by atoms with E-state index < -0.39 is 6.03 Å². The van der Waals surface area contributed by atoms with Gasteiger partial charge in [0.05, 0.1) is 0 Å². The summed E-state index contributed by atoms with van der Waals surface area (Å²) >= 11 is 0. The van der Waals surface area contributed by atoms with E-state index >= 15 is 0 Å². The summed E-state index contributed by atoms with van der Waals surface area (Å²) < 4.78 is 0. The molecule has 0 saturated heterocycles. The molecule has 0 aliphatic rings. The summed E-state index contributed by atoms with van der Waals surface area (Å²) in [5.74, 6) is 0. The van der Waals surface area contributed by atoms with Crippen molar-refractivity contribution in [2.24, 2.45) is 10.8 Å². The molecular formula is C3H7N3O. The fourth-order valence-corrected chi connectivity index (χ4v) is 0.0697. The Bertz CT molecular complexity index is 90.2. The highest BCUT2D eigenvalue weighted by Crippen LogP contribution is 1.75. The minimum Gasteiger partial charge on any atom is -0.350 e. The van der Waals surface area contributed by atoms with Crippen molar-refractivity contribution in [3.63, 3.8) is 0 Å². The zero-order valence-electron chi connectivity index (χ0n) is 4.09. The number of primary amides is 1. The Morgan fingerprint density at radius 3 is 2.43 bits per heavy atom. The maximum absolute atomic E-state index is 9.94. The van der Waals surface area contributed by atoms with E-state index in [9.17, 15) is 4.79 Å². The molecule has 0 bridgehead atoms. The zero-order chi connectivity index (χ0) is 5.86. The largest absolute Gasteiger partial charge is 0.350 e. The summed E-state index contributed by atoms with van der Waals surface area (Å²) in [4.78, 5) is 9.94. The number of hydrogen-bond acceptors (Lipinski definition) is 2. The predicted octanol–water partition coefficient (Wildman–Crippen LogP) is -0.387. The molecule has 0 aromatic rings. The van der Waals surface area contributed by atoms with Gasteiger partial charge in [0, 0.05) is 13.8 Å². The molecule has 0 rings (SSSR count). The zero-order valence-corrected chi connectivity index (χ0v) is 4.09. The van der Waals surface area contributed by atoms with Gasteiger partial charge in [0.15, 0.2) is 0 Å². The van der Waals surface area contributed by atoms with Crippen molar-refractivity contribution in [2.75, 3.05) is 7.05 Å². The van der Waals surface area contributed by atoms with Crippen LogP contribution in [0.5, 0.6) is 0 Å². The highest BCUT2D eigenvalue weighted by Gasteiger charge is 1.93. The quantitative estimate of drug-likeness (QED) is 0.355. The van der Waals surface area contributed by atoms with Crippen molar-refractivity contribution >= 4 is 12.7 Å². The number of nitrogens with zero attached hydrogens (tertiary/aromatic N) is 2. The molecule has 4 heteroatoms. The molecule has 40 valence electrons. The van der Waals surface area contributed by atoms with Crippen molar-refractivity contribution in [3.05, 3.63) is 0 Å². The summed E-state index contributed by atoms with van der Waals surface area (Å²) in [6.45, 7) is 3.06. The van der Waals surface area contributed by atoms with Gasteiger partial charge < -0.3 is 5.73 Å². The van der Waals surface area contributed by atoms with Gasteiger partial charge >= 0.3 is 6.03 Å². The molecule has 0 aliphatic carbocycles. The SMILES string of the molecule is C=NN(C)C(N)=O. The lowest BCUT2D eigenvalue weighted by Gasteiger charge is -2.02. The fraction of sp³-hybridized carbons (Fsp3) is 0.333. The van der Waals surface area contributed by atoms with E-state index in [-0.39, 0.29) is 0 Å². The van der Waals surface area contributed by atoms with Crippen LogP contribution in [0.4, 0.5) is 4.79 Å². The van der Waals surface area contributed by atoms with Gasteiger partial charge in [-0.1, -0.05) is 0 Å². The highest BCUT2D eigenvalue weighted by atomic mass is 16.2. The summed E-state index contributed by atoms with van der Waals surface area (Å²) in [6.07, 6.45) is 0. The molecule has 0 heterocycles. The number of amides is 2. The lowest BCUT2D eigenvalue weighted by molar-refractivity contribution is 0.221. The molecule has 0 radical (unpaired) electrons. The van der Waals surface area contributed by atoms with Gasteiger partial charge in [-0.05, 0) is 0 Å². The molecule has 4 nitrogen and oxygen atoms in total. The van der Waals surface area contributed by atoms with Crippen LogP contribution in [0.2, 0.25) is 0 Å². The minimum atomic E-state index is -0.602. The van der Waals surface area contributed by atoms with Crippen molar-refractivity contribution < 1.29 is 4.79 Å². The van der Waals surface area contributed by atoms with Crippen LogP contribution >= 0.6 is 0 Å². The van der Waals surface area contributed by atoms with Crippen molar-refractivity contribution in [2.45, 2.75) is 0 Å². The Hall–Kier alpha value is -1.06. The van der Waals surface area contributed by atoms with Gasteiger partial charge in [-0.3, -0.25) is 0 Å². The van der Waals surface area contributed by atoms with E-state index in [1.807, 2.05) is 0 Å². The fourth-order valence-electron chi connectivity index (χ4n) is 0.0697. The van der Waals surface area contributed by atoms with Gasteiger partial charge in [0.1, 0.15) is 0 Å². The first-order chi connectivity index (χ1) is 3.18. The maximum Gasteiger partial charge on any atom is 0.334 e. The molecule has 0 fully saturated rings. The first kappa shape index (κ1) is 5.94. The van der Waals surface area contributed by atoms with Crippen molar-refractivity contribution in [3.8, 4) is 0 Å². The standard InChI is InChI=1S/C3H7N3O/c1-5-6(2)3(4)7/h1H2,2H3,(H2,4,7). The van der Waals surface area contributed by atoms with Crippen LogP contribution in [0, 0.1) is 0 Å². The van der Waals surface area contributed by atoms with E-state index in [0.717, 1.165) is 5.01 Å². The molecule has 0 unspecified atom stereocenters. The van der Waals surface area contributed by atoms with Crippen molar-refractivity contribution in [1.29, 1.82) is 0 Å². The van der Waals surface area contributed by atoms with Crippen LogP contribution in [-0.4, -0.2) is 24.8 Å². The summed E-state index contributed by atoms with van der Waals surface area (Å²) in [6, 6.07) is -0.602. The molecule has 0 spiro atoms. The summed E-state index contributed by atoms with van der Waals surface area (Å²) in [5.41, 5.74) is 4.70. The Morgan fingerprint density at radius 2 is 2.43 bits per heavy atom. The van der Waals surface area contributed by atoms with Crippen molar-refractivity contribution in [1.82, 2.24) is 5.01 Å². The first-order valence-corrected chi connectivity index (χ1v) is 1.68. The smallest absolute Gasteiger partial charge is 0.334 e. The number of rotatable bonds is 1. The first-order valence-electron chi connectivity index (χ1n) is 1.68. The van der Waals surface area contributed by atoms with E-state index in [1.165, 1.54) is 7.05 Å². The lowest BCUT2D eigenvalue weighted by Crippen LogP contribution is -2.26. The second-order valence-electron chi connectivity index (χ2n) is 1.00. The number of nitrogens with two attached hydrogens (primary N) is 1. The average Bonchev–Trinajstić information content (AvgIpc) is 1.65. The third-order valence-corrected chi connectivity index (χ3v) is 0.531. The van der Waals surface area contributed by atoms with E-state index in [1.54, 1.807) is 0 Å². The number of hydrogen-bond donors (Lipinski definition) is 1. The van der Waals surface area contributed by atoms with E-state index in [4.69, 9.17) is 5.73 Å². The molecule has 0 saturated carbocycles. The van der Waals surface area contributed by atoms with Gasteiger partial charge in [-0.2, -0.15) is 5.10 Å². The van der Waals surface area contributed by atoms with Gasteiger partial charge in [0.2, 0.25) is 0 Å². The number of hydrazone groups is 1. The van der Waals surface area contributed by atoms with E-state index in [2.05, 4.69) is 11.8 Å². The molecular weight excluding hydrogens is 94.1 g/mol. The maximum atomic E-state index is 9.94. The minimum absolute atomic E-state index is 0.602. The number of carbonyl (C=O) groups excluding carboxylic acids is 1. The Kier molecular flexibility index (Phi) is 1.84. The van der Waals surface area contributed by atoms with Crippen LogP contribution in [0.15, 0.2) is 5.10 Å². The van der Waals surface area contributed by atoms with Gasteiger partial charge in [-0.15, -0.1) is 0 Å². The average molecular weight is 101 g/mol. The second kappa shape index (κ2) is 2.17. The molecule has 0 aromatic carbocycles. The van der Waals surface area contributed by atoms with E-state index in [0.29, 0.717) is 0 Å². The van der Waals surface area contributed by atoms with Crippen LogP contribution in [0.1, 0.15) is 0 Å². The van der Waals surface area contributed by atoms with Crippen LogP contribution in [0.3, 0.4) is 0 Å². The van der Waals surface area contributed by atoms with Crippen LogP contribution < -0.4 is 5.73 Å². The molecule has 0 aromatic heterocycles. The Labute approximate surface area is 41.6 Å². The third kappa shape index (κ3) is 1.75. The Balaban J connectivity index is 3.55. The molecule has 2 amide bonds. The van der Waals surface area contributed by atoms with Gasteiger partial charge in [0.25, 0.3) is 0 Å². The third-order valence-electron chi connectivity index (χ3n) is 0.531. The Morgan fingerprint density at radius 1 is 2.00 bits per heavy atom. The predicted molar refractivity (Wildman–Crippen MR) is 26.9 cm³/mol.